The standard InChI is InChI=1S/C16H12BrClN2O5S/c1-2-3-20-15(24)9(14(23)19-16(20)26)4-8-5-10(17)13(11(18)6-8)25-7-12(21)22/h2,4-6H,1,3,7H2,(H,21,22)(H,19,23,26)/b9-4+. The molecule has 0 atom stereocenters. The number of amides is 2. The average molecular weight is 460 g/mol. The Morgan fingerprint density at radius 3 is 2.73 bits per heavy atom. The minimum atomic E-state index is -1.15. The SMILES string of the molecule is C=CCN1C(=O)/C(=C/c2cc(Cl)c(OCC(=O)O)c(Br)c2)C(=O)NC1=S. The molecule has 0 aliphatic carbocycles. The Kier molecular flexibility index (Phi) is 6.52. The molecule has 26 heavy (non-hydrogen) atoms. The van der Waals surface area contributed by atoms with Crippen LogP contribution in [0.15, 0.2) is 34.8 Å². The predicted octanol–water partition coefficient (Wildman–Crippen LogP) is 2.38. The van der Waals surface area contributed by atoms with E-state index in [9.17, 15) is 14.4 Å². The monoisotopic (exact) mass is 458 g/mol. The molecule has 0 bridgehead atoms. The van der Waals surface area contributed by atoms with Crippen LogP contribution in [-0.2, 0) is 14.4 Å². The topological polar surface area (TPSA) is 95.9 Å². The molecule has 2 amide bonds. The summed E-state index contributed by atoms with van der Waals surface area (Å²) in [6.07, 6.45) is 2.84. The summed E-state index contributed by atoms with van der Waals surface area (Å²) in [5.74, 6) is -2.19. The molecule has 10 heteroatoms. The molecule has 0 spiro atoms. The molecule has 1 fully saturated rings. The van der Waals surface area contributed by atoms with Gasteiger partial charge >= 0.3 is 5.97 Å². The van der Waals surface area contributed by atoms with Crippen LogP contribution in [0.3, 0.4) is 0 Å². The lowest BCUT2D eigenvalue weighted by atomic mass is 10.1. The third-order valence-electron chi connectivity index (χ3n) is 3.17. The van der Waals surface area contributed by atoms with Gasteiger partial charge in [-0.15, -0.1) is 6.58 Å². The molecule has 1 aromatic carbocycles. The summed E-state index contributed by atoms with van der Waals surface area (Å²) in [7, 11) is 0. The summed E-state index contributed by atoms with van der Waals surface area (Å²) in [4.78, 5) is 36.4. The molecular formula is C16H12BrClN2O5S. The highest BCUT2D eigenvalue weighted by atomic mass is 79.9. The fourth-order valence-corrected chi connectivity index (χ4v) is 3.33. The van der Waals surface area contributed by atoms with Crippen LogP contribution in [0.5, 0.6) is 5.75 Å². The number of nitrogens with one attached hydrogen (secondary N) is 1. The Morgan fingerprint density at radius 2 is 2.15 bits per heavy atom. The number of carboxylic acid groups (broad SMARTS) is 1. The lowest BCUT2D eigenvalue weighted by Crippen LogP contribution is -2.53. The van der Waals surface area contributed by atoms with Crippen molar-refractivity contribution >= 4 is 68.7 Å². The number of halogens is 2. The number of carbonyl (C=O) groups excluding carboxylic acids is 2. The maximum absolute atomic E-state index is 12.5. The van der Waals surface area contributed by atoms with Crippen molar-refractivity contribution < 1.29 is 24.2 Å². The molecule has 1 saturated heterocycles. The van der Waals surface area contributed by atoms with E-state index in [4.69, 9.17) is 33.7 Å². The van der Waals surface area contributed by atoms with E-state index in [1.807, 2.05) is 0 Å². The van der Waals surface area contributed by atoms with Crippen LogP contribution in [0.25, 0.3) is 6.08 Å². The number of hydrogen-bond acceptors (Lipinski definition) is 5. The van der Waals surface area contributed by atoms with E-state index in [1.54, 1.807) is 6.07 Å². The minimum Gasteiger partial charge on any atom is -0.479 e. The van der Waals surface area contributed by atoms with Crippen LogP contribution >= 0.6 is 39.7 Å². The largest absolute Gasteiger partial charge is 0.479 e. The fourth-order valence-electron chi connectivity index (χ4n) is 2.09. The van der Waals surface area contributed by atoms with E-state index in [2.05, 4.69) is 27.8 Å². The molecule has 0 aromatic heterocycles. The first kappa shape index (κ1) is 20.1. The number of rotatable bonds is 6. The lowest BCUT2D eigenvalue weighted by molar-refractivity contribution is -0.139. The van der Waals surface area contributed by atoms with E-state index in [-0.39, 0.29) is 28.0 Å². The second-order valence-electron chi connectivity index (χ2n) is 5.02. The Labute approximate surface area is 167 Å². The average Bonchev–Trinajstić information content (AvgIpc) is 2.54. The normalized spacial score (nSPS) is 15.8. The van der Waals surface area contributed by atoms with Crippen LogP contribution < -0.4 is 10.1 Å². The molecule has 2 rings (SSSR count). The summed E-state index contributed by atoms with van der Waals surface area (Å²) in [5.41, 5.74) is 0.317. The van der Waals surface area contributed by atoms with Gasteiger partial charge in [0, 0.05) is 6.54 Å². The maximum atomic E-state index is 12.5. The molecule has 2 N–H and O–H groups in total. The zero-order valence-electron chi connectivity index (χ0n) is 13.1. The molecule has 0 unspecified atom stereocenters. The number of ether oxygens (including phenoxy) is 1. The number of carboxylic acids is 1. The molecule has 0 saturated carbocycles. The quantitative estimate of drug-likeness (QED) is 0.293. The van der Waals surface area contributed by atoms with Gasteiger partial charge in [-0.2, -0.15) is 0 Å². The van der Waals surface area contributed by atoms with Gasteiger partial charge in [-0.25, -0.2) is 4.79 Å². The van der Waals surface area contributed by atoms with Gasteiger partial charge in [-0.1, -0.05) is 17.7 Å². The fraction of sp³-hybridized carbons (Fsp3) is 0.125. The van der Waals surface area contributed by atoms with Gasteiger partial charge in [-0.05, 0) is 51.9 Å². The molecule has 7 nitrogen and oxygen atoms in total. The zero-order valence-corrected chi connectivity index (χ0v) is 16.3. The van der Waals surface area contributed by atoms with Gasteiger partial charge < -0.3 is 9.84 Å². The zero-order chi connectivity index (χ0) is 19.4. The van der Waals surface area contributed by atoms with Crippen molar-refractivity contribution in [2.75, 3.05) is 13.2 Å². The third-order valence-corrected chi connectivity index (χ3v) is 4.36. The Morgan fingerprint density at radius 1 is 1.46 bits per heavy atom. The summed E-state index contributed by atoms with van der Waals surface area (Å²) >= 11 is 14.3. The smallest absolute Gasteiger partial charge is 0.341 e. The summed E-state index contributed by atoms with van der Waals surface area (Å²) < 4.78 is 5.47. The van der Waals surface area contributed by atoms with Crippen LogP contribution in [0.4, 0.5) is 0 Å². The molecule has 136 valence electrons. The van der Waals surface area contributed by atoms with Crippen LogP contribution in [0.1, 0.15) is 5.56 Å². The Balaban J connectivity index is 2.37. The second-order valence-corrected chi connectivity index (χ2v) is 6.67. The van der Waals surface area contributed by atoms with E-state index >= 15 is 0 Å². The summed E-state index contributed by atoms with van der Waals surface area (Å²) in [6, 6.07) is 2.99. The molecule has 1 heterocycles. The van der Waals surface area contributed by atoms with Crippen molar-refractivity contribution in [3.05, 3.63) is 45.4 Å². The van der Waals surface area contributed by atoms with Gasteiger partial charge in [0.2, 0.25) is 0 Å². The van der Waals surface area contributed by atoms with Crippen molar-refractivity contribution in [1.29, 1.82) is 0 Å². The molecule has 1 aliphatic rings. The molecule has 1 aromatic rings. The second kappa shape index (κ2) is 8.43. The van der Waals surface area contributed by atoms with Crippen LogP contribution in [0.2, 0.25) is 5.02 Å². The molecule has 1 aliphatic heterocycles. The number of thiocarbonyl (C=S) groups is 1. The first-order chi connectivity index (χ1) is 12.2. The Hall–Kier alpha value is -2.23. The highest BCUT2D eigenvalue weighted by Gasteiger charge is 2.32. The Bertz CT molecular complexity index is 832. The van der Waals surface area contributed by atoms with E-state index in [0.717, 1.165) is 0 Å². The number of aliphatic carboxylic acids is 1. The number of nitrogens with zero attached hydrogens (tertiary/aromatic N) is 1. The van der Waals surface area contributed by atoms with Crippen LogP contribution in [0, 0.1) is 0 Å². The van der Waals surface area contributed by atoms with Gasteiger partial charge in [0.25, 0.3) is 11.8 Å². The lowest BCUT2D eigenvalue weighted by Gasteiger charge is -2.27. The minimum absolute atomic E-state index is 0.00804. The van der Waals surface area contributed by atoms with E-state index in [1.165, 1.54) is 23.1 Å². The number of benzene rings is 1. The first-order valence-electron chi connectivity index (χ1n) is 7.08. The number of hydrogen-bond donors (Lipinski definition) is 2. The maximum Gasteiger partial charge on any atom is 0.341 e. The van der Waals surface area contributed by atoms with Gasteiger partial charge in [0.1, 0.15) is 5.57 Å². The van der Waals surface area contributed by atoms with E-state index < -0.39 is 24.4 Å². The first-order valence-corrected chi connectivity index (χ1v) is 8.66. The highest BCUT2D eigenvalue weighted by molar-refractivity contribution is 9.10. The van der Waals surface area contributed by atoms with Gasteiger partial charge in [0.15, 0.2) is 17.5 Å². The molecule has 0 radical (unpaired) electrons. The highest BCUT2D eigenvalue weighted by Crippen LogP contribution is 2.35. The van der Waals surface area contributed by atoms with Crippen molar-refractivity contribution in [3.63, 3.8) is 0 Å². The van der Waals surface area contributed by atoms with Crippen molar-refractivity contribution in [3.8, 4) is 5.75 Å². The van der Waals surface area contributed by atoms with Crippen molar-refractivity contribution in [2.45, 2.75) is 0 Å². The summed E-state index contributed by atoms with van der Waals surface area (Å²) in [6.45, 7) is 3.14. The van der Waals surface area contributed by atoms with E-state index in [0.29, 0.717) is 10.0 Å². The van der Waals surface area contributed by atoms with Gasteiger partial charge in [-0.3, -0.25) is 19.8 Å². The predicted molar refractivity (Wildman–Crippen MR) is 103 cm³/mol. The number of carbonyl (C=O) groups is 3. The van der Waals surface area contributed by atoms with Crippen LogP contribution in [-0.4, -0.2) is 46.1 Å². The summed E-state index contributed by atoms with van der Waals surface area (Å²) in [5, 5.41) is 11.2. The van der Waals surface area contributed by atoms with Crippen molar-refractivity contribution in [1.82, 2.24) is 10.2 Å². The third kappa shape index (κ3) is 4.48. The van der Waals surface area contributed by atoms with Gasteiger partial charge in [0.05, 0.1) is 9.50 Å². The van der Waals surface area contributed by atoms with Crippen molar-refractivity contribution in [2.24, 2.45) is 0 Å². The molecular weight excluding hydrogens is 448 g/mol.